The van der Waals surface area contributed by atoms with Gasteiger partial charge in [0.2, 0.25) is 5.91 Å². The molecule has 0 saturated carbocycles. The first-order chi connectivity index (χ1) is 13.2. The molecule has 1 amide bonds. The smallest absolute Gasteiger partial charge is 0.244 e. The van der Waals surface area contributed by atoms with Crippen LogP contribution in [0, 0.1) is 0 Å². The fourth-order valence-electron chi connectivity index (χ4n) is 3.51. The van der Waals surface area contributed by atoms with Gasteiger partial charge in [-0.1, -0.05) is 36.4 Å². The van der Waals surface area contributed by atoms with Crippen molar-refractivity contribution in [1.29, 1.82) is 0 Å². The normalized spacial score (nSPS) is 14.8. The highest BCUT2D eigenvalue weighted by Gasteiger charge is 2.27. The third-order valence-corrected chi connectivity index (χ3v) is 5.01. The molecule has 1 fully saturated rings. The van der Waals surface area contributed by atoms with Gasteiger partial charge in [-0.15, -0.1) is 0 Å². The Bertz CT molecular complexity index is 742. The van der Waals surface area contributed by atoms with Crippen LogP contribution in [-0.2, 0) is 11.2 Å². The zero-order valence-electron chi connectivity index (χ0n) is 16.1. The molecule has 1 unspecified atom stereocenters. The number of rotatable bonds is 8. The number of likely N-dealkylation sites (tertiary alicyclic amines) is 1. The lowest BCUT2D eigenvalue weighted by atomic mass is 10.0. The fraction of sp³-hybridized carbons (Fsp3) is 0.409. The van der Waals surface area contributed by atoms with Gasteiger partial charge in [0.05, 0.1) is 14.2 Å². The van der Waals surface area contributed by atoms with E-state index in [0.717, 1.165) is 55.0 Å². The van der Waals surface area contributed by atoms with Crippen LogP contribution in [0.5, 0.6) is 11.5 Å². The molecule has 1 saturated heterocycles. The molecule has 3 rings (SSSR count). The first kappa shape index (κ1) is 19.2. The summed E-state index contributed by atoms with van der Waals surface area (Å²) in [5.74, 6) is 1.62. The minimum Gasteiger partial charge on any atom is -0.493 e. The predicted octanol–water partition coefficient (Wildman–Crippen LogP) is 3.20. The molecule has 0 aromatic heterocycles. The maximum absolute atomic E-state index is 13.0. The van der Waals surface area contributed by atoms with Crippen LogP contribution in [0.2, 0.25) is 0 Å². The minimum absolute atomic E-state index is 0.172. The molecule has 1 aliphatic rings. The second-order valence-corrected chi connectivity index (χ2v) is 6.77. The van der Waals surface area contributed by atoms with Gasteiger partial charge in [-0.05, 0) is 42.5 Å². The Balaban J connectivity index is 1.67. The number of carbonyl (C=O) groups excluding carboxylic acids is 1. The van der Waals surface area contributed by atoms with E-state index in [2.05, 4.69) is 5.32 Å². The molecule has 1 heterocycles. The number of ether oxygens (including phenoxy) is 2. The van der Waals surface area contributed by atoms with Gasteiger partial charge in [-0.3, -0.25) is 4.79 Å². The van der Waals surface area contributed by atoms with Crippen molar-refractivity contribution in [3.8, 4) is 11.5 Å². The highest BCUT2D eigenvalue weighted by molar-refractivity contribution is 5.83. The van der Waals surface area contributed by atoms with Gasteiger partial charge in [0.15, 0.2) is 11.5 Å². The van der Waals surface area contributed by atoms with Crippen molar-refractivity contribution in [2.24, 2.45) is 0 Å². The van der Waals surface area contributed by atoms with Crippen LogP contribution in [0.25, 0.3) is 0 Å². The quantitative estimate of drug-likeness (QED) is 0.777. The van der Waals surface area contributed by atoms with E-state index in [1.165, 1.54) is 0 Å². The van der Waals surface area contributed by atoms with Gasteiger partial charge in [0, 0.05) is 19.6 Å². The highest BCUT2D eigenvalue weighted by Crippen LogP contribution is 2.27. The lowest BCUT2D eigenvalue weighted by Crippen LogP contribution is -2.40. The van der Waals surface area contributed by atoms with Crippen LogP contribution in [0.1, 0.15) is 30.0 Å². The number of amides is 1. The number of hydrogen-bond acceptors (Lipinski definition) is 4. The monoisotopic (exact) mass is 368 g/mol. The van der Waals surface area contributed by atoms with Gasteiger partial charge in [0.1, 0.15) is 6.04 Å². The second kappa shape index (κ2) is 9.42. The summed E-state index contributed by atoms with van der Waals surface area (Å²) in [5.41, 5.74) is 2.15. The molecule has 27 heavy (non-hydrogen) atoms. The van der Waals surface area contributed by atoms with Crippen molar-refractivity contribution in [2.45, 2.75) is 25.3 Å². The van der Waals surface area contributed by atoms with Gasteiger partial charge in [-0.25, -0.2) is 0 Å². The van der Waals surface area contributed by atoms with Crippen molar-refractivity contribution in [2.75, 3.05) is 33.9 Å². The molecule has 1 N–H and O–H groups in total. The Morgan fingerprint density at radius 1 is 1.04 bits per heavy atom. The van der Waals surface area contributed by atoms with Crippen LogP contribution in [0.4, 0.5) is 0 Å². The summed E-state index contributed by atoms with van der Waals surface area (Å²) in [6.45, 7) is 2.42. The molecule has 5 nitrogen and oxygen atoms in total. The maximum atomic E-state index is 13.0. The van der Waals surface area contributed by atoms with Crippen molar-refractivity contribution in [3.05, 3.63) is 59.7 Å². The fourth-order valence-corrected chi connectivity index (χ4v) is 3.51. The van der Waals surface area contributed by atoms with E-state index >= 15 is 0 Å². The van der Waals surface area contributed by atoms with Crippen molar-refractivity contribution >= 4 is 5.91 Å². The van der Waals surface area contributed by atoms with E-state index in [9.17, 15) is 4.79 Å². The first-order valence-electron chi connectivity index (χ1n) is 9.51. The third kappa shape index (κ3) is 4.80. The molecule has 0 radical (unpaired) electrons. The Kier molecular flexibility index (Phi) is 6.71. The number of benzene rings is 2. The Morgan fingerprint density at radius 3 is 2.41 bits per heavy atom. The van der Waals surface area contributed by atoms with E-state index in [0.29, 0.717) is 6.54 Å². The summed E-state index contributed by atoms with van der Waals surface area (Å²) in [4.78, 5) is 15.0. The molecule has 5 heteroatoms. The highest BCUT2D eigenvalue weighted by atomic mass is 16.5. The maximum Gasteiger partial charge on any atom is 0.244 e. The van der Waals surface area contributed by atoms with E-state index in [1.54, 1.807) is 14.2 Å². The Morgan fingerprint density at radius 2 is 1.74 bits per heavy atom. The zero-order valence-corrected chi connectivity index (χ0v) is 16.1. The number of methoxy groups -OCH3 is 2. The van der Waals surface area contributed by atoms with Gasteiger partial charge in [-0.2, -0.15) is 0 Å². The predicted molar refractivity (Wildman–Crippen MR) is 106 cm³/mol. The van der Waals surface area contributed by atoms with Crippen molar-refractivity contribution < 1.29 is 14.3 Å². The zero-order chi connectivity index (χ0) is 19.1. The third-order valence-electron chi connectivity index (χ3n) is 5.01. The average Bonchev–Trinajstić information content (AvgIpc) is 3.26. The van der Waals surface area contributed by atoms with E-state index in [-0.39, 0.29) is 11.9 Å². The van der Waals surface area contributed by atoms with Gasteiger partial charge >= 0.3 is 0 Å². The summed E-state index contributed by atoms with van der Waals surface area (Å²) in [6.07, 6.45) is 2.99. The van der Waals surface area contributed by atoms with E-state index in [4.69, 9.17) is 9.47 Å². The standard InChI is InChI=1S/C22H28N2O3/c1-26-19-11-10-17(16-20(19)27-2)12-13-23-21(18-8-4-3-5-9-18)22(25)24-14-6-7-15-24/h3-5,8-11,16,21,23H,6-7,12-15H2,1-2H3. The number of nitrogens with one attached hydrogen (secondary N) is 1. The topological polar surface area (TPSA) is 50.8 Å². The lowest BCUT2D eigenvalue weighted by Gasteiger charge is -2.24. The molecule has 144 valence electrons. The van der Waals surface area contributed by atoms with Crippen LogP contribution in [0.15, 0.2) is 48.5 Å². The van der Waals surface area contributed by atoms with Gasteiger partial charge in [0.25, 0.3) is 0 Å². The van der Waals surface area contributed by atoms with E-state index < -0.39 is 0 Å². The summed E-state index contributed by atoms with van der Waals surface area (Å²) in [7, 11) is 3.27. The molecule has 0 aliphatic carbocycles. The molecule has 0 bridgehead atoms. The van der Waals surface area contributed by atoms with Gasteiger partial charge < -0.3 is 19.7 Å². The lowest BCUT2D eigenvalue weighted by molar-refractivity contribution is -0.132. The van der Waals surface area contributed by atoms with Crippen LogP contribution < -0.4 is 14.8 Å². The largest absolute Gasteiger partial charge is 0.493 e. The number of nitrogens with zero attached hydrogens (tertiary/aromatic N) is 1. The Labute approximate surface area is 161 Å². The Hall–Kier alpha value is -2.53. The summed E-state index contributed by atoms with van der Waals surface area (Å²) >= 11 is 0. The summed E-state index contributed by atoms with van der Waals surface area (Å²) < 4.78 is 10.7. The second-order valence-electron chi connectivity index (χ2n) is 6.77. The van der Waals surface area contributed by atoms with Crippen LogP contribution >= 0.6 is 0 Å². The molecule has 1 atom stereocenters. The van der Waals surface area contributed by atoms with Crippen LogP contribution in [0.3, 0.4) is 0 Å². The summed E-state index contributed by atoms with van der Waals surface area (Å²) in [6, 6.07) is 15.6. The minimum atomic E-state index is -0.301. The molecule has 1 aliphatic heterocycles. The van der Waals surface area contributed by atoms with Crippen molar-refractivity contribution in [1.82, 2.24) is 10.2 Å². The van der Waals surface area contributed by atoms with Crippen molar-refractivity contribution in [3.63, 3.8) is 0 Å². The molecule has 2 aromatic rings. The number of hydrogen-bond donors (Lipinski definition) is 1. The molecule has 2 aromatic carbocycles. The first-order valence-corrected chi connectivity index (χ1v) is 9.51. The molecular formula is C22H28N2O3. The molecular weight excluding hydrogens is 340 g/mol. The molecule has 0 spiro atoms. The van der Waals surface area contributed by atoms with Crippen LogP contribution in [-0.4, -0.2) is 44.7 Å². The average molecular weight is 368 g/mol. The van der Waals surface area contributed by atoms with E-state index in [1.807, 2.05) is 53.4 Å². The number of carbonyl (C=O) groups is 1. The summed E-state index contributed by atoms with van der Waals surface area (Å²) in [5, 5.41) is 3.46. The SMILES string of the molecule is COc1ccc(CCNC(C(=O)N2CCCC2)c2ccccc2)cc1OC.